The predicted octanol–water partition coefficient (Wildman–Crippen LogP) is 3.01. The first-order chi connectivity index (χ1) is 12.6. The van der Waals surface area contributed by atoms with Crippen LogP contribution in [0.1, 0.15) is 0 Å². The summed E-state index contributed by atoms with van der Waals surface area (Å²) in [6.07, 6.45) is 0.785. The molecule has 1 aromatic carbocycles. The molecule has 1 amide bonds. The highest BCUT2D eigenvalue weighted by Gasteiger charge is 2.22. The Morgan fingerprint density at radius 2 is 2.08 bits per heavy atom. The molecule has 8 nitrogen and oxygen atoms in total. The molecule has 26 heavy (non-hydrogen) atoms. The number of hydrogen-bond donors (Lipinski definition) is 2. The number of benzene rings is 1. The number of ether oxygens (including phenoxy) is 1. The van der Waals surface area contributed by atoms with E-state index in [2.05, 4.69) is 20.5 Å². The number of pyridine rings is 1. The normalized spacial score (nSPS) is 11.4. The van der Waals surface area contributed by atoms with Crippen LogP contribution in [0.25, 0.3) is 21.3 Å². The number of rotatable bonds is 5. The van der Waals surface area contributed by atoms with Crippen LogP contribution in [-0.4, -0.2) is 23.0 Å². The Balaban J connectivity index is 2.15. The van der Waals surface area contributed by atoms with Crippen LogP contribution in [0.15, 0.2) is 47.4 Å². The highest BCUT2D eigenvalue weighted by atomic mass is 32.1. The maximum atomic E-state index is 14.6. The molecule has 0 atom stereocenters. The minimum atomic E-state index is -0.824. The lowest BCUT2D eigenvalue weighted by atomic mass is 10.1. The van der Waals surface area contributed by atoms with Crippen LogP contribution in [0, 0.1) is 10.9 Å². The Kier molecular flexibility index (Phi) is 4.85. The number of halogens is 1. The third kappa shape index (κ3) is 3.09. The standard InChI is InChI=1S/C16H12FN5O3S/c1-25-15-11-12(10(13(17)20-15)8-5-3-2-4-6-8)26-16(19-11)21-14(23)9(7-18)22-24/h2-7H,18H2,1H3,(H,19,21,23)/b9-7-. The van der Waals surface area contributed by atoms with Gasteiger partial charge in [-0.2, -0.15) is 9.37 Å². The molecule has 10 heteroatoms. The number of aromatic nitrogens is 2. The molecule has 0 aliphatic carbocycles. The number of nitrogens with zero attached hydrogens (tertiary/aromatic N) is 3. The highest BCUT2D eigenvalue weighted by molar-refractivity contribution is 7.23. The molecule has 2 aromatic heterocycles. The number of nitrogens with two attached hydrogens (primary N) is 1. The van der Waals surface area contributed by atoms with E-state index in [9.17, 15) is 14.1 Å². The summed E-state index contributed by atoms with van der Waals surface area (Å²) in [6, 6.07) is 8.80. The Hall–Kier alpha value is -3.40. The van der Waals surface area contributed by atoms with E-state index in [1.54, 1.807) is 30.3 Å². The third-order valence-electron chi connectivity index (χ3n) is 3.43. The van der Waals surface area contributed by atoms with Crippen LogP contribution in [0.5, 0.6) is 5.88 Å². The summed E-state index contributed by atoms with van der Waals surface area (Å²) in [5.74, 6) is -1.56. The fraction of sp³-hybridized carbons (Fsp3) is 0.0625. The SMILES string of the molecule is COc1nc(F)c(-c2ccccc2)c2sc(NC(=O)/C(=C/N)N=O)nc12. The molecular weight excluding hydrogens is 361 g/mol. The van der Waals surface area contributed by atoms with Gasteiger partial charge in [0.05, 0.1) is 17.4 Å². The van der Waals surface area contributed by atoms with E-state index in [0.29, 0.717) is 10.3 Å². The van der Waals surface area contributed by atoms with Gasteiger partial charge in [0.1, 0.15) is 5.52 Å². The van der Waals surface area contributed by atoms with Crippen molar-refractivity contribution in [3.05, 3.63) is 53.1 Å². The topological polar surface area (TPSA) is 120 Å². The summed E-state index contributed by atoms with van der Waals surface area (Å²) in [7, 11) is 1.34. The average Bonchev–Trinajstić information content (AvgIpc) is 3.05. The van der Waals surface area contributed by atoms with E-state index >= 15 is 0 Å². The monoisotopic (exact) mass is 373 g/mol. The van der Waals surface area contributed by atoms with E-state index in [1.807, 2.05) is 0 Å². The largest absolute Gasteiger partial charge is 0.479 e. The van der Waals surface area contributed by atoms with Gasteiger partial charge in [-0.05, 0) is 10.7 Å². The molecule has 3 aromatic rings. The first-order valence-corrected chi connectivity index (χ1v) is 8.06. The van der Waals surface area contributed by atoms with Gasteiger partial charge in [0, 0.05) is 6.20 Å². The molecule has 0 aliphatic heterocycles. The number of carbonyl (C=O) groups excluding carboxylic acids is 1. The Morgan fingerprint density at radius 3 is 2.69 bits per heavy atom. The second kappa shape index (κ2) is 7.23. The zero-order chi connectivity index (χ0) is 18.7. The maximum absolute atomic E-state index is 14.6. The molecule has 0 saturated carbocycles. The maximum Gasteiger partial charge on any atom is 0.281 e. The summed E-state index contributed by atoms with van der Waals surface area (Å²) in [6.45, 7) is 0. The number of carbonyl (C=O) groups is 1. The number of anilines is 1. The van der Waals surface area contributed by atoms with Crippen molar-refractivity contribution in [2.75, 3.05) is 12.4 Å². The molecule has 3 N–H and O–H groups in total. The van der Waals surface area contributed by atoms with Crippen molar-refractivity contribution in [3.63, 3.8) is 0 Å². The number of nitroso groups, excluding NO2 is 1. The van der Waals surface area contributed by atoms with Crippen LogP contribution in [0.3, 0.4) is 0 Å². The Bertz CT molecular complexity index is 1020. The third-order valence-corrected chi connectivity index (χ3v) is 4.42. The van der Waals surface area contributed by atoms with Crippen molar-refractivity contribution in [2.24, 2.45) is 10.9 Å². The van der Waals surface area contributed by atoms with Gasteiger partial charge in [0.15, 0.2) is 10.8 Å². The van der Waals surface area contributed by atoms with Crippen molar-refractivity contribution in [1.29, 1.82) is 0 Å². The molecule has 0 bridgehead atoms. The molecule has 0 spiro atoms. The first kappa shape index (κ1) is 17.4. The van der Waals surface area contributed by atoms with Crippen LogP contribution in [0.2, 0.25) is 0 Å². The summed E-state index contributed by atoms with van der Waals surface area (Å²) in [5.41, 5.74) is 5.79. The van der Waals surface area contributed by atoms with Gasteiger partial charge in [-0.25, -0.2) is 4.98 Å². The highest BCUT2D eigenvalue weighted by Crippen LogP contribution is 2.39. The average molecular weight is 373 g/mol. The zero-order valence-electron chi connectivity index (χ0n) is 13.4. The second-order valence-corrected chi connectivity index (χ2v) is 5.95. The molecule has 0 fully saturated rings. The van der Waals surface area contributed by atoms with Gasteiger partial charge in [0.2, 0.25) is 11.8 Å². The van der Waals surface area contributed by atoms with Crippen LogP contribution in [0.4, 0.5) is 9.52 Å². The number of amides is 1. The Morgan fingerprint density at radius 1 is 1.35 bits per heavy atom. The molecule has 0 aliphatic rings. The smallest absolute Gasteiger partial charge is 0.281 e. The van der Waals surface area contributed by atoms with Crippen molar-refractivity contribution in [2.45, 2.75) is 0 Å². The van der Waals surface area contributed by atoms with Crippen molar-refractivity contribution in [1.82, 2.24) is 9.97 Å². The van der Waals surface area contributed by atoms with Gasteiger partial charge in [-0.1, -0.05) is 41.7 Å². The van der Waals surface area contributed by atoms with Crippen molar-refractivity contribution >= 4 is 32.6 Å². The summed E-state index contributed by atoms with van der Waals surface area (Å²) in [4.78, 5) is 30.5. The second-order valence-electron chi connectivity index (χ2n) is 4.95. The van der Waals surface area contributed by atoms with Crippen molar-refractivity contribution < 1.29 is 13.9 Å². The lowest BCUT2D eigenvalue weighted by molar-refractivity contribution is -0.112. The van der Waals surface area contributed by atoms with E-state index in [-0.39, 0.29) is 22.1 Å². The number of nitrogens with one attached hydrogen (secondary N) is 1. The minimum Gasteiger partial charge on any atom is -0.479 e. The number of thiazole rings is 1. The minimum absolute atomic E-state index is 0.0166. The number of fused-ring (bicyclic) bond motifs is 1. The lowest BCUT2D eigenvalue weighted by Crippen LogP contribution is -2.13. The summed E-state index contributed by atoms with van der Waals surface area (Å²) >= 11 is 1.01. The number of hydrogen-bond acceptors (Lipinski definition) is 8. The zero-order valence-corrected chi connectivity index (χ0v) is 14.2. The fourth-order valence-corrected chi connectivity index (χ4v) is 3.29. The van der Waals surface area contributed by atoms with Gasteiger partial charge < -0.3 is 10.5 Å². The lowest BCUT2D eigenvalue weighted by Gasteiger charge is -2.06. The molecule has 3 rings (SSSR count). The van der Waals surface area contributed by atoms with Gasteiger partial charge in [-0.15, -0.1) is 4.91 Å². The summed E-state index contributed by atoms with van der Waals surface area (Å²) < 4.78 is 20.1. The molecule has 132 valence electrons. The molecule has 0 saturated heterocycles. The molecule has 0 radical (unpaired) electrons. The van der Waals surface area contributed by atoms with Gasteiger partial charge in [0.25, 0.3) is 5.91 Å². The quantitative estimate of drug-likeness (QED) is 0.403. The van der Waals surface area contributed by atoms with E-state index in [0.717, 1.165) is 17.5 Å². The molecule has 0 unspecified atom stereocenters. The van der Waals surface area contributed by atoms with Crippen LogP contribution in [-0.2, 0) is 4.79 Å². The van der Waals surface area contributed by atoms with Gasteiger partial charge in [-0.3, -0.25) is 10.1 Å². The van der Waals surface area contributed by atoms with Gasteiger partial charge >= 0.3 is 0 Å². The summed E-state index contributed by atoms with van der Waals surface area (Å²) in [5, 5.41) is 5.05. The van der Waals surface area contributed by atoms with Crippen molar-refractivity contribution in [3.8, 4) is 17.0 Å². The number of methoxy groups -OCH3 is 1. The molecular formula is C16H12FN5O3S. The van der Waals surface area contributed by atoms with E-state index in [4.69, 9.17) is 10.5 Å². The van der Waals surface area contributed by atoms with E-state index < -0.39 is 17.6 Å². The first-order valence-electron chi connectivity index (χ1n) is 7.25. The van der Waals surface area contributed by atoms with Crippen LogP contribution < -0.4 is 15.8 Å². The fourth-order valence-electron chi connectivity index (χ4n) is 2.29. The molecule has 2 heterocycles. The Labute approximate surface area is 150 Å². The van der Waals surface area contributed by atoms with Crippen LogP contribution >= 0.6 is 11.3 Å². The predicted molar refractivity (Wildman–Crippen MR) is 96.1 cm³/mol. The van der Waals surface area contributed by atoms with E-state index in [1.165, 1.54) is 7.11 Å².